The molecule has 2 atom stereocenters. The summed E-state index contributed by atoms with van der Waals surface area (Å²) in [4.78, 5) is 23.8. The molecule has 0 heterocycles. The molecule has 0 bridgehead atoms. The molecule has 3 N–H and O–H groups in total. The molecule has 2 amide bonds. The molecule has 0 aliphatic heterocycles. The fraction of sp³-hybridized carbons (Fsp3) is 0.429. The van der Waals surface area contributed by atoms with E-state index in [0.717, 1.165) is 17.3 Å². The van der Waals surface area contributed by atoms with E-state index in [2.05, 4.69) is 26.6 Å². The quantitative estimate of drug-likeness (QED) is 0.762. The van der Waals surface area contributed by atoms with Crippen LogP contribution in [0.2, 0.25) is 0 Å². The molecule has 0 aromatic heterocycles. The van der Waals surface area contributed by atoms with Crippen LogP contribution in [0, 0.1) is 5.92 Å². The maximum atomic E-state index is 12.1. The Morgan fingerprint density at radius 1 is 1.30 bits per heavy atom. The third-order valence-corrected chi connectivity index (χ3v) is 3.65. The predicted octanol–water partition coefficient (Wildman–Crippen LogP) is 1.66. The van der Waals surface area contributed by atoms with Gasteiger partial charge >= 0.3 is 0 Å². The van der Waals surface area contributed by atoms with Gasteiger partial charge in [-0.05, 0) is 44.0 Å². The molecule has 20 heavy (non-hydrogen) atoms. The Kier molecular flexibility index (Phi) is 4.77. The van der Waals surface area contributed by atoms with E-state index in [0.29, 0.717) is 5.69 Å². The van der Waals surface area contributed by atoms with Crippen LogP contribution >= 0.6 is 15.9 Å². The first-order chi connectivity index (χ1) is 9.47. The Labute approximate surface area is 125 Å². The van der Waals surface area contributed by atoms with Gasteiger partial charge in [0.1, 0.15) is 6.04 Å². The highest BCUT2D eigenvalue weighted by Crippen LogP contribution is 2.29. The van der Waals surface area contributed by atoms with Crippen molar-refractivity contribution in [3.63, 3.8) is 0 Å². The number of nitrogens with one attached hydrogen (secondary N) is 2. The summed E-state index contributed by atoms with van der Waals surface area (Å²) in [6.07, 6.45) is 0.757. The van der Waals surface area contributed by atoms with Crippen LogP contribution in [-0.2, 0) is 9.59 Å². The van der Waals surface area contributed by atoms with E-state index in [1.165, 1.54) is 6.92 Å². The van der Waals surface area contributed by atoms with E-state index in [1.54, 1.807) is 24.3 Å². The van der Waals surface area contributed by atoms with Gasteiger partial charge in [0, 0.05) is 16.1 Å². The van der Waals surface area contributed by atoms with Crippen molar-refractivity contribution in [2.75, 3.05) is 5.32 Å². The molecule has 6 heteroatoms. The van der Waals surface area contributed by atoms with Gasteiger partial charge in [-0.2, -0.15) is 0 Å². The summed E-state index contributed by atoms with van der Waals surface area (Å²) in [5, 5.41) is 15.0. The van der Waals surface area contributed by atoms with Crippen LogP contribution in [0.25, 0.3) is 0 Å². The normalized spacial score (nSPS) is 17.1. The number of rotatable bonds is 5. The number of hydrogen-bond donors (Lipinski definition) is 3. The summed E-state index contributed by atoms with van der Waals surface area (Å²) >= 11 is 3.31. The molecule has 108 valence electrons. The Morgan fingerprint density at radius 2 is 1.90 bits per heavy atom. The lowest BCUT2D eigenvalue weighted by molar-refractivity contribution is -0.129. The fourth-order valence-corrected chi connectivity index (χ4v) is 2.04. The number of halogens is 1. The van der Waals surface area contributed by atoms with Gasteiger partial charge in [0.25, 0.3) is 0 Å². The zero-order valence-corrected chi connectivity index (χ0v) is 12.7. The molecule has 0 saturated heterocycles. The van der Waals surface area contributed by atoms with Crippen molar-refractivity contribution in [1.29, 1.82) is 0 Å². The topological polar surface area (TPSA) is 78.4 Å². The van der Waals surface area contributed by atoms with Gasteiger partial charge in [-0.25, -0.2) is 0 Å². The minimum atomic E-state index is -0.951. The van der Waals surface area contributed by atoms with Crippen LogP contribution in [0.5, 0.6) is 0 Å². The molecular weight excluding hydrogens is 324 g/mol. The van der Waals surface area contributed by atoms with Crippen LogP contribution in [0.4, 0.5) is 5.69 Å². The number of aliphatic hydroxyl groups excluding tert-OH is 1. The molecule has 1 fully saturated rings. The predicted molar refractivity (Wildman–Crippen MR) is 79.1 cm³/mol. The molecule has 0 spiro atoms. The van der Waals surface area contributed by atoms with Crippen LogP contribution in [0.1, 0.15) is 19.8 Å². The van der Waals surface area contributed by atoms with E-state index >= 15 is 0 Å². The van der Waals surface area contributed by atoms with Crippen molar-refractivity contribution < 1.29 is 14.7 Å². The highest BCUT2D eigenvalue weighted by molar-refractivity contribution is 9.10. The zero-order chi connectivity index (χ0) is 14.7. The fourth-order valence-electron chi connectivity index (χ4n) is 1.78. The van der Waals surface area contributed by atoms with Crippen molar-refractivity contribution >= 4 is 33.4 Å². The van der Waals surface area contributed by atoms with Gasteiger partial charge in [-0.15, -0.1) is 0 Å². The molecule has 2 rings (SSSR count). The number of benzene rings is 1. The minimum Gasteiger partial charge on any atom is -0.391 e. The van der Waals surface area contributed by atoms with Gasteiger partial charge in [-0.3, -0.25) is 9.59 Å². The number of amides is 2. The average Bonchev–Trinajstić information content (AvgIpc) is 3.22. The van der Waals surface area contributed by atoms with E-state index in [4.69, 9.17) is 0 Å². The van der Waals surface area contributed by atoms with Crippen LogP contribution in [0.3, 0.4) is 0 Å². The molecule has 1 saturated carbocycles. The second-order valence-electron chi connectivity index (χ2n) is 5.00. The Hall–Kier alpha value is -1.40. The molecule has 2 unspecified atom stereocenters. The van der Waals surface area contributed by atoms with E-state index in [9.17, 15) is 14.7 Å². The largest absolute Gasteiger partial charge is 0.391 e. The Bertz CT molecular complexity index is 498. The van der Waals surface area contributed by atoms with Crippen molar-refractivity contribution in [2.45, 2.75) is 31.9 Å². The maximum absolute atomic E-state index is 12.1. The number of aliphatic hydroxyl groups is 1. The van der Waals surface area contributed by atoms with Gasteiger partial charge in [-0.1, -0.05) is 15.9 Å². The van der Waals surface area contributed by atoms with Crippen LogP contribution < -0.4 is 10.6 Å². The summed E-state index contributed by atoms with van der Waals surface area (Å²) in [7, 11) is 0. The molecular formula is C14H17BrN2O3. The molecule has 0 radical (unpaired) electrons. The highest BCUT2D eigenvalue weighted by Gasteiger charge is 2.34. The molecule has 5 nitrogen and oxygen atoms in total. The van der Waals surface area contributed by atoms with Crippen molar-refractivity contribution in [3.8, 4) is 0 Å². The number of carbonyl (C=O) groups is 2. The number of carbonyl (C=O) groups excluding carboxylic acids is 2. The van der Waals surface area contributed by atoms with Crippen molar-refractivity contribution in [3.05, 3.63) is 28.7 Å². The van der Waals surface area contributed by atoms with Gasteiger partial charge < -0.3 is 15.7 Å². The lowest BCUT2D eigenvalue weighted by Crippen LogP contribution is -2.50. The first-order valence-electron chi connectivity index (χ1n) is 6.52. The zero-order valence-electron chi connectivity index (χ0n) is 11.1. The first-order valence-corrected chi connectivity index (χ1v) is 7.31. The third-order valence-electron chi connectivity index (χ3n) is 3.12. The molecule has 1 aromatic rings. The Morgan fingerprint density at radius 3 is 2.40 bits per heavy atom. The van der Waals surface area contributed by atoms with Gasteiger partial charge in [0.15, 0.2) is 0 Å². The number of hydrogen-bond acceptors (Lipinski definition) is 3. The standard InChI is InChI=1S/C14H17BrN2O3/c1-8(18)12(17-13(19)9-2-3-9)14(20)16-11-6-4-10(15)5-7-11/h4-9,12,18H,2-3H2,1H3,(H,16,20)(H,17,19). The smallest absolute Gasteiger partial charge is 0.249 e. The summed E-state index contributed by atoms with van der Waals surface area (Å²) in [6.45, 7) is 1.49. The lowest BCUT2D eigenvalue weighted by atomic mass is 10.1. The molecule has 1 aliphatic carbocycles. The molecule has 1 aliphatic rings. The van der Waals surface area contributed by atoms with Gasteiger partial charge in [0.2, 0.25) is 11.8 Å². The summed E-state index contributed by atoms with van der Waals surface area (Å²) < 4.78 is 0.907. The summed E-state index contributed by atoms with van der Waals surface area (Å²) in [5.74, 6) is -0.588. The monoisotopic (exact) mass is 340 g/mol. The second-order valence-corrected chi connectivity index (χ2v) is 5.91. The molecule has 1 aromatic carbocycles. The Balaban J connectivity index is 1.98. The van der Waals surface area contributed by atoms with E-state index in [-0.39, 0.29) is 11.8 Å². The van der Waals surface area contributed by atoms with Gasteiger partial charge in [0.05, 0.1) is 6.10 Å². The SMILES string of the molecule is CC(O)C(NC(=O)C1CC1)C(=O)Nc1ccc(Br)cc1. The average molecular weight is 341 g/mol. The summed E-state index contributed by atoms with van der Waals surface area (Å²) in [6, 6.07) is 6.14. The van der Waals surface area contributed by atoms with E-state index in [1.807, 2.05) is 0 Å². The second kappa shape index (κ2) is 6.37. The number of anilines is 1. The third kappa shape index (κ3) is 4.05. The van der Waals surface area contributed by atoms with Crippen molar-refractivity contribution in [2.24, 2.45) is 5.92 Å². The summed E-state index contributed by atoms with van der Waals surface area (Å²) in [5.41, 5.74) is 0.615. The maximum Gasteiger partial charge on any atom is 0.249 e. The van der Waals surface area contributed by atoms with Crippen LogP contribution in [0.15, 0.2) is 28.7 Å². The van der Waals surface area contributed by atoms with Crippen molar-refractivity contribution in [1.82, 2.24) is 5.32 Å². The minimum absolute atomic E-state index is 0.00303. The lowest BCUT2D eigenvalue weighted by Gasteiger charge is -2.20. The first kappa shape index (κ1) is 15.0. The van der Waals surface area contributed by atoms with Crippen LogP contribution in [-0.4, -0.2) is 29.1 Å². The highest BCUT2D eigenvalue weighted by atomic mass is 79.9. The van der Waals surface area contributed by atoms with E-state index < -0.39 is 18.1 Å².